The summed E-state index contributed by atoms with van der Waals surface area (Å²) >= 11 is 0. The van der Waals surface area contributed by atoms with Gasteiger partial charge in [0.05, 0.1) is 12.1 Å². The maximum Gasteiger partial charge on any atom is 0.314 e. The molecule has 1 spiro atoms. The SMILES string of the molecule is CCOC(=O)[C@H]1[C@@H](O)C(=O)N(Cc2ccccc2)C12CCN(C(=O)C1CC1)CC2. The van der Waals surface area contributed by atoms with Crippen molar-refractivity contribution >= 4 is 17.8 Å². The van der Waals surface area contributed by atoms with E-state index >= 15 is 0 Å². The smallest absolute Gasteiger partial charge is 0.314 e. The van der Waals surface area contributed by atoms with Crippen LogP contribution in [0.1, 0.15) is 38.2 Å². The van der Waals surface area contributed by atoms with Crippen molar-refractivity contribution in [2.45, 2.75) is 50.8 Å². The van der Waals surface area contributed by atoms with Gasteiger partial charge in [0.25, 0.3) is 5.91 Å². The van der Waals surface area contributed by atoms with E-state index in [0.29, 0.717) is 32.5 Å². The summed E-state index contributed by atoms with van der Waals surface area (Å²) in [4.78, 5) is 41.8. The number of piperidine rings is 1. The van der Waals surface area contributed by atoms with Crippen molar-refractivity contribution in [3.8, 4) is 0 Å². The van der Waals surface area contributed by atoms with Gasteiger partial charge in [0.15, 0.2) is 0 Å². The molecule has 1 aromatic rings. The average molecular weight is 400 g/mol. The van der Waals surface area contributed by atoms with E-state index in [9.17, 15) is 19.5 Å². The predicted molar refractivity (Wildman–Crippen MR) is 104 cm³/mol. The number of nitrogens with zero attached hydrogens (tertiary/aromatic N) is 2. The number of hydrogen-bond donors (Lipinski definition) is 1. The molecule has 2 amide bonds. The highest BCUT2D eigenvalue weighted by atomic mass is 16.5. The zero-order chi connectivity index (χ0) is 20.6. The maximum atomic E-state index is 13.0. The molecule has 2 saturated heterocycles. The Hall–Kier alpha value is -2.41. The minimum absolute atomic E-state index is 0.140. The Morgan fingerprint density at radius 3 is 2.41 bits per heavy atom. The van der Waals surface area contributed by atoms with Gasteiger partial charge >= 0.3 is 5.97 Å². The van der Waals surface area contributed by atoms with Gasteiger partial charge in [-0.25, -0.2) is 0 Å². The summed E-state index contributed by atoms with van der Waals surface area (Å²) in [5, 5.41) is 10.7. The Morgan fingerprint density at radius 1 is 1.17 bits per heavy atom. The van der Waals surface area contributed by atoms with Crippen LogP contribution in [0.5, 0.6) is 0 Å². The molecule has 0 radical (unpaired) electrons. The number of aliphatic hydroxyl groups is 1. The second kappa shape index (κ2) is 7.78. The molecule has 2 heterocycles. The second-order valence-electron chi connectivity index (χ2n) is 8.29. The molecule has 1 aromatic carbocycles. The number of esters is 1. The predicted octanol–water partition coefficient (Wildman–Crippen LogP) is 1.34. The third kappa shape index (κ3) is 3.52. The monoisotopic (exact) mass is 400 g/mol. The minimum atomic E-state index is -1.41. The lowest BCUT2D eigenvalue weighted by Gasteiger charge is -2.47. The molecule has 0 bridgehead atoms. The average Bonchev–Trinajstić information content (AvgIpc) is 3.55. The van der Waals surface area contributed by atoms with Gasteiger partial charge < -0.3 is 19.6 Å². The van der Waals surface area contributed by atoms with Crippen LogP contribution in [0.25, 0.3) is 0 Å². The first-order valence-corrected chi connectivity index (χ1v) is 10.5. The van der Waals surface area contributed by atoms with E-state index in [2.05, 4.69) is 0 Å². The summed E-state index contributed by atoms with van der Waals surface area (Å²) < 4.78 is 5.23. The van der Waals surface area contributed by atoms with E-state index in [1.165, 1.54) is 0 Å². The van der Waals surface area contributed by atoms with Crippen LogP contribution in [0.3, 0.4) is 0 Å². The first-order chi connectivity index (χ1) is 14.0. The molecule has 2 atom stereocenters. The van der Waals surface area contributed by atoms with Gasteiger partial charge in [0, 0.05) is 25.6 Å². The summed E-state index contributed by atoms with van der Waals surface area (Å²) in [6.45, 7) is 3.19. The van der Waals surface area contributed by atoms with Gasteiger partial charge in [0.1, 0.15) is 12.0 Å². The Balaban J connectivity index is 1.63. The summed E-state index contributed by atoms with van der Waals surface area (Å²) in [5.41, 5.74) is 0.104. The van der Waals surface area contributed by atoms with Gasteiger partial charge in [-0.2, -0.15) is 0 Å². The fraction of sp³-hybridized carbons (Fsp3) is 0.591. The van der Waals surface area contributed by atoms with Gasteiger partial charge in [-0.15, -0.1) is 0 Å². The minimum Gasteiger partial charge on any atom is -0.466 e. The molecule has 1 N–H and O–H groups in total. The molecule has 3 aliphatic rings. The fourth-order valence-corrected chi connectivity index (χ4v) is 4.85. The van der Waals surface area contributed by atoms with Crippen LogP contribution in [0.2, 0.25) is 0 Å². The first-order valence-electron chi connectivity index (χ1n) is 10.5. The molecule has 1 aliphatic carbocycles. The standard InChI is InChI=1S/C22H28N2O5/c1-2-29-21(28)17-18(25)20(27)24(14-15-6-4-3-5-7-15)22(17)10-12-23(13-11-22)19(26)16-8-9-16/h3-7,16-18,25H,2,8-14H2,1H3/t17-,18-/m1/s1. The Kier molecular flexibility index (Phi) is 5.34. The van der Waals surface area contributed by atoms with Crippen molar-refractivity contribution in [3.05, 3.63) is 35.9 Å². The van der Waals surface area contributed by atoms with E-state index in [0.717, 1.165) is 18.4 Å². The number of carbonyl (C=O) groups excluding carboxylic acids is 3. The van der Waals surface area contributed by atoms with E-state index in [-0.39, 0.29) is 18.4 Å². The van der Waals surface area contributed by atoms with Gasteiger partial charge in [-0.3, -0.25) is 14.4 Å². The molecule has 7 heteroatoms. The van der Waals surface area contributed by atoms with Crippen molar-refractivity contribution in [1.82, 2.24) is 9.80 Å². The van der Waals surface area contributed by atoms with Gasteiger partial charge in [-0.05, 0) is 38.2 Å². The summed E-state index contributed by atoms with van der Waals surface area (Å²) in [6.07, 6.45) is 1.41. The summed E-state index contributed by atoms with van der Waals surface area (Å²) in [6, 6.07) is 9.56. The molecular formula is C22H28N2O5. The van der Waals surface area contributed by atoms with Gasteiger partial charge in [0.2, 0.25) is 5.91 Å². The molecule has 0 aromatic heterocycles. The molecule has 156 valence electrons. The zero-order valence-electron chi connectivity index (χ0n) is 16.8. The van der Waals surface area contributed by atoms with E-state index in [1.54, 1.807) is 11.8 Å². The highest BCUT2D eigenvalue weighted by Crippen LogP contribution is 2.46. The van der Waals surface area contributed by atoms with Crippen molar-refractivity contribution in [2.75, 3.05) is 19.7 Å². The first kappa shape index (κ1) is 19.9. The number of aliphatic hydroxyl groups excluding tert-OH is 1. The molecule has 7 nitrogen and oxygen atoms in total. The number of rotatable bonds is 5. The fourth-order valence-electron chi connectivity index (χ4n) is 4.85. The molecular weight excluding hydrogens is 372 g/mol. The number of likely N-dealkylation sites (tertiary alicyclic amines) is 2. The van der Waals surface area contributed by atoms with E-state index in [4.69, 9.17) is 4.74 Å². The van der Waals surface area contributed by atoms with E-state index in [1.807, 2.05) is 35.2 Å². The third-order valence-electron chi connectivity index (χ3n) is 6.54. The van der Waals surface area contributed by atoms with Crippen molar-refractivity contribution in [1.29, 1.82) is 0 Å². The van der Waals surface area contributed by atoms with Gasteiger partial charge in [-0.1, -0.05) is 30.3 Å². The number of hydrogen-bond acceptors (Lipinski definition) is 5. The zero-order valence-corrected chi connectivity index (χ0v) is 16.8. The van der Waals surface area contributed by atoms with Crippen LogP contribution in [0.15, 0.2) is 30.3 Å². The number of ether oxygens (including phenoxy) is 1. The van der Waals surface area contributed by atoms with Crippen LogP contribution in [-0.2, 0) is 25.7 Å². The highest BCUT2D eigenvalue weighted by molar-refractivity contribution is 5.93. The molecule has 2 aliphatic heterocycles. The quantitative estimate of drug-likeness (QED) is 0.754. The highest BCUT2D eigenvalue weighted by Gasteiger charge is 2.62. The number of carbonyl (C=O) groups is 3. The Morgan fingerprint density at radius 2 is 1.83 bits per heavy atom. The molecule has 0 unspecified atom stereocenters. The van der Waals surface area contributed by atoms with Crippen molar-refractivity contribution in [2.24, 2.45) is 11.8 Å². The maximum absolute atomic E-state index is 13.0. The third-order valence-corrected chi connectivity index (χ3v) is 6.54. The Labute approximate surface area is 170 Å². The largest absolute Gasteiger partial charge is 0.466 e. The van der Waals surface area contributed by atoms with Crippen LogP contribution in [-0.4, -0.2) is 64.0 Å². The lowest BCUT2D eigenvalue weighted by atomic mass is 9.75. The van der Waals surface area contributed by atoms with Crippen molar-refractivity contribution in [3.63, 3.8) is 0 Å². The number of benzene rings is 1. The van der Waals surface area contributed by atoms with Crippen LogP contribution in [0.4, 0.5) is 0 Å². The summed E-state index contributed by atoms with van der Waals surface area (Å²) in [7, 11) is 0. The molecule has 29 heavy (non-hydrogen) atoms. The lowest BCUT2D eigenvalue weighted by molar-refractivity contribution is -0.156. The Bertz CT molecular complexity index is 784. The normalized spacial score (nSPS) is 26.1. The molecule has 1 saturated carbocycles. The molecule has 4 rings (SSSR count). The topological polar surface area (TPSA) is 87.2 Å². The van der Waals surface area contributed by atoms with Crippen LogP contribution < -0.4 is 0 Å². The lowest BCUT2D eigenvalue weighted by Crippen LogP contribution is -2.58. The van der Waals surface area contributed by atoms with Crippen LogP contribution in [0, 0.1) is 11.8 Å². The van der Waals surface area contributed by atoms with Crippen molar-refractivity contribution < 1.29 is 24.2 Å². The molecule has 3 fully saturated rings. The van der Waals surface area contributed by atoms with Crippen LogP contribution >= 0.6 is 0 Å². The summed E-state index contributed by atoms with van der Waals surface area (Å²) in [5.74, 6) is -1.59. The number of amides is 2. The van der Waals surface area contributed by atoms with E-state index < -0.39 is 29.4 Å². The second-order valence-corrected chi connectivity index (χ2v) is 8.29.